The summed E-state index contributed by atoms with van der Waals surface area (Å²) in [5.74, 6) is 1.48. The van der Waals surface area contributed by atoms with Gasteiger partial charge in [-0.2, -0.15) is 4.31 Å². The van der Waals surface area contributed by atoms with E-state index in [0.29, 0.717) is 17.7 Å². The number of carbonyl (C=O) groups excluding carboxylic acids is 1. The third-order valence-corrected chi connectivity index (χ3v) is 7.82. The molecule has 0 spiro atoms. The van der Waals surface area contributed by atoms with Gasteiger partial charge in [0.15, 0.2) is 5.78 Å². The molecule has 1 aliphatic carbocycles. The highest BCUT2D eigenvalue weighted by molar-refractivity contribution is 7.89. The van der Waals surface area contributed by atoms with Gasteiger partial charge >= 0.3 is 0 Å². The summed E-state index contributed by atoms with van der Waals surface area (Å²) in [4.78, 5) is 12.6. The zero-order valence-corrected chi connectivity index (χ0v) is 19.6. The van der Waals surface area contributed by atoms with Gasteiger partial charge < -0.3 is 4.74 Å². The normalized spacial score (nSPS) is 13.8. The summed E-state index contributed by atoms with van der Waals surface area (Å²) in [6, 6.07) is 23.3. The molecule has 0 N–H and O–H groups in total. The number of Topliss-reactive ketones (excluding diaryl/α,β-unsaturated/α-hetero) is 1. The van der Waals surface area contributed by atoms with Gasteiger partial charge in [0, 0.05) is 25.1 Å². The fraction of sp³-hybridized carbons (Fsp3) is 0.296. The quantitative estimate of drug-likeness (QED) is 0.354. The number of rotatable bonds is 11. The number of methoxy groups -OCH3 is 1. The fourth-order valence-corrected chi connectivity index (χ4v) is 5.21. The van der Waals surface area contributed by atoms with Crippen molar-refractivity contribution in [2.75, 3.05) is 7.11 Å². The van der Waals surface area contributed by atoms with E-state index in [1.165, 1.54) is 17.1 Å². The van der Waals surface area contributed by atoms with Crippen LogP contribution in [0.25, 0.3) is 0 Å². The molecular weight excluding hydrogens is 434 g/mol. The fourth-order valence-electron chi connectivity index (χ4n) is 3.80. The molecule has 3 aromatic rings. The lowest BCUT2D eigenvalue weighted by molar-refractivity contribution is 0.0978. The van der Waals surface area contributed by atoms with Gasteiger partial charge in [-0.05, 0) is 47.7 Å². The molecule has 1 aliphatic rings. The second-order valence-corrected chi connectivity index (χ2v) is 10.5. The molecule has 0 radical (unpaired) electrons. The summed E-state index contributed by atoms with van der Waals surface area (Å²) in [6.45, 7) is 0.455. The Balaban J connectivity index is 1.54. The molecule has 3 aromatic carbocycles. The lowest BCUT2D eigenvalue weighted by Crippen LogP contribution is -2.30. The molecule has 0 aliphatic heterocycles. The second kappa shape index (κ2) is 10.3. The largest absolute Gasteiger partial charge is 0.497 e. The first kappa shape index (κ1) is 23.2. The number of carbonyl (C=O) groups is 1. The van der Waals surface area contributed by atoms with Crippen molar-refractivity contribution in [3.63, 3.8) is 0 Å². The van der Waals surface area contributed by atoms with Gasteiger partial charge in [0.2, 0.25) is 10.0 Å². The summed E-state index contributed by atoms with van der Waals surface area (Å²) in [5.41, 5.74) is 2.43. The van der Waals surface area contributed by atoms with Gasteiger partial charge in [-0.25, -0.2) is 8.42 Å². The van der Waals surface area contributed by atoms with Crippen LogP contribution >= 0.6 is 0 Å². The molecule has 33 heavy (non-hydrogen) atoms. The molecule has 0 heterocycles. The van der Waals surface area contributed by atoms with Crippen LogP contribution in [-0.2, 0) is 23.1 Å². The third kappa shape index (κ3) is 6.09. The highest BCUT2D eigenvalue weighted by Crippen LogP contribution is 2.34. The maximum Gasteiger partial charge on any atom is 0.243 e. The van der Waals surface area contributed by atoms with Crippen LogP contribution in [0.4, 0.5) is 0 Å². The van der Waals surface area contributed by atoms with Crippen molar-refractivity contribution in [3.8, 4) is 5.75 Å². The maximum absolute atomic E-state index is 13.5. The lowest BCUT2D eigenvalue weighted by Gasteiger charge is -2.23. The summed E-state index contributed by atoms with van der Waals surface area (Å²) >= 11 is 0. The van der Waals surface area contributed by atoms with E-state index in [0.717, 1.165) is 23.5 Å². The van der Waals surface area contributed by atoms with Crippen LogP contribution in [0.15, 0.2) is 83.8 Å². The minimum atomic E-state index is -3.75. The first-order chi connectivity index (χ1) is 16.0. The number of hydrogen-bond acceptors (Lipinski definition) is 4. The topological polar surface area (TPSA) is 63.7 Å². The summed E-state index contributed by atoms with van der Waals surface area (Å²) in [5, 5.41) is 0. The molecule has 1 saturated carbocycles. The first-order valence-electron chi connectivity index (χ1n) is 11.3. The zero-order valence-electron chi connectivity index (χ0n) is 18.8. The van der Waals surface area contributed by atoms with Crippen LogP contribution in [-0.4, -0.2) is 25.6 Å². The second-order valence-electron chi connectivity index (χ2n) is 8.54. The lowest BCUT2D eigenvalue weighted by atomic mass is 10.0. The van der Waals surface area contributed by atoms with Gasteiger partial charge in [0.05, 0.1) is 12.0 Å². The Morgan fingerprint density at radius 3 is 2.06 bits per heavy atom. The Hall–Kier alpha value is -2.96. The molecule has 0 saturated heterocycles. The first-order valence-corrected chi connectivity index (χ1v) is 12.7. The van der Waals surface area contributed by atoms with E-state index in [1.54, 1.807) is 31.4 Å². The Bertz CT molecular complexity index is 1170. The van der Waals surface area contributed by atoms with E-state index in [9.17, 15) is 13.2 Å². The monoisotopic (exact) mass is 463 g/mol. The van der Waals surface area contributed by atoms with E-state index in [1.807, 2.05) is 54.6 Å². The van der Waals surface area contributed by atoms with Crippen LogP contribution < -0.4 is 4.74 Å². The summed E-state index contributed by atoms with van der Waals surface area (Å²) < 4.78 is 33.6. The molecule has 4 rings (SSSR count). The predicted octanol–water partition coefficient (Wildman–Crippen LogP) is 5.46. The molecule has 0 aromatic heterocycles. The van der Waals surface area contributed by atoms with E-state index in [2.05, 4.69) is 0 Å². The number of hydrogen-bond donors (Lipinski definition) is 0. The number of benzene rings is 3. The van der Waals surface area contributed by atoms with E-state index < -0.39 is 10.0 Å². The van der Waals surface area contributed by atoms with Gasteiger partial charge in [0.1, 0.15) is 5.75 Å². The van der Waals surface area contributed by atoms with Crippen molar-refractivity contribution < 1.29 is 17.9 Å². The minimum absolute atomic E-state index is 0.153. The molecule has 5 nitrogen and oxygen atoms in total. The minimum Gasteiger partial charge on any atom is -0.497 e. The van der Waals surface area contributed by atoms with E-state index in [4.69, 9.17) is 4.74 Å². The van der Waals surface area contributed by atoms with Crippen molar-refractivity contribution in [2.24, 2.45) is 5.92 Å². The SMILES string of the molecule is COc1ccc(S(=O)(=O)N(Cc2ccccc2)Cc2ccc(C(=O)CCC3CC3)cc2)cc1. The van der Waals surface area contributed by atoms with Gasteiger partial charge in [0.25, 0.3) is 0 Å². The van der Waals surface area contributed by atoms with Crippen LogP contribution in [0.3, 0.4) is 0 Å². The molecule has 0 unspecified atom stereocenters. The number of nitrogens with zero attached hydrogens (tertiary/aromatic N) is 1. The van der Waals surface area contributed by atoms with Gasteiger partial charge in [-0.1, -0.05) is 67.4 Å². The van der Waals surface area contributed by atoms with Crippen LogP contribution in [0.1, 0.15) is 47.2 Å². The van der Waals surface area contributed by atoms with Crippen molar-refractivity contribution in [1.82, 2.24) is 4.31 Å². The Morgan fingerprint density at radius 2 is 1.48 bits per heavy atom. The third-order valence-electron chi connectivity index (χ3n) is 6.01. The van der Waals surface area contributed by atoms with E-state index >= 15 is 0 Å². The maximum atomic E-state index is 13.5. The van der Waals surface area contributed by atoms with Crippen molar-refractivity contribution in [3.05, 3.63) is 95.6 Å². The van der Waals surface area contributed by atoms with Crippen LogP contribution in [0.2, 0.25) is 0 Å². The van der Waals surface area contributed by atoms with Crippen molar-refractivity contribution in [2.45, 2.75) is 43.7 Å². The van der Waals surface area contributed by atoms with Crippen molar-refractivity contribution >= 4 is 15.8 Å². The van der Waals surface area contributed by atoms with Crippen LogP contribution in [0, 0.1) is 5.92 Å². The number of ether oxygens (including phenoxy) is 1. The molecular formula is C27H29NO4S. The standard InChI is InChI=1S/C27H29NO4S/c1-32-25-14-16-26(17-15-25)33(30,31)28(19-22-5-3-2-4-6-22)20-23-9-12-24(13-10-23)27(29)18-11-21-7-8-21/h2-6,9-10,12-17,21H,7-8,11,18-20H2,1H3. The molecule has 1 fully saturated rings. The highest BCUT2D eigenvalue weighted by atomic mass is 32.2. The molecule has 6 heteroatoms. The number of ketones is 1. The molecule has 0 bridgehead atoms. The molecule has 0 atom stereocenters. The van der Waals surface area contributed by atoms with Gasteiger partial charge in [-0.15, -0.1) is 0 Å². The van der Waals surface area contributed by atoms with Crippen molar-refractivity contribution in [1.29, 1.82) is 0 Å². The Labute approximate surface area is 196 Å². The average Bonchev–Trinajstić information content (AvgIpc) is 3.68. The molecule has 0 amide bonds. The predicted molar refractivity (Wildman–Crippen MR) is 129 cm³/mol. The smallest absolute Gasteiger partial charge is 0.243 e. The summed E-state index contributed by atoms with van der Waals surface area (Å²) in [6.07, 6.45) is 4.03. The molecule has 172 valence electrons. The highest BCUT2D eigenvalue weighted by Gasteiger charge is 2.25. The van der Waals surface area contributed by atoms with Crippen LogP contribution in [0.5, 0.6) is 5.75 Å². The van der Waals surface area contributed by atoms with Gasteiger partial charge in [-0.3, -0.25) is 4.79 Å². The zero-order chi connectivity index (χ0) is 23.3. The van der Waals surface area contributed by atoms with E-state index in [-0.39, 0.29) is 23.8 Å². The average molecular weight is 464 g/mol. The summed E-state index contributed by atoms with van der Waals surface area (Å²) in [7, 11) is -2.20. The number of sulfonamides is 1. The Kier molecular flexibility index (Phi) is 7.26. The Morgan fingerprint density at radius 1 is 0.879 bits per heavy atom.